The highest BCUT2D eigenvalue weighted by molar-refractivity contribution is 6.39. The van der Waals surface area contributed by atoms with Crippen molar-refractivity contribution in [1.82, 2.24) is 15.1 Å². The van der Waals surface area contributed by atoms with Gasteiger partial charge in [0.15, 0.2) is 0 Å². The Labute approximate surface area is 173 Å². The molecule has 1 saturated carbocycles. The van der Waals surface area contributed by atoms with E-state index in [0.717, 1.165) is 37.0 Å². The molecule has 9 nitrogen and oxygen atoms in total. The molecule has 0 radical (unpaired) electrons. The molecular formula is C21H22N6O3. The second-order valence-corrected chi connectivity index (χ2v) is 7.36. The number of carbonyl (C=O) groups is 3. The number of nitrogens with zero attached hydrogens (tertiary/aromatic N) is 4. The van der Waals surface area contributed by atoms with Crippen molar-refractivity contribution in [3.63, 3.8) is 0 Å². The summed E-state index contributed by atoms with van der Waals surface area (Å²) in [5.41, 5.74) is 2.28. The van der Waals surface area contributed by atoms with Crippen LogP contribution < -0.4 is 10.6 Å². The molecule has 0 bridgehead atoms. The Kier molecular flexibility index (Phi) is 5.51. The van der Waals surface area contributed by atoms with Gasteiger partial charge in [0, 0.05) is 18.3 Å². The fraction of sp³-hybridized carbons (Fsp3) is 0.333. The number of anilines is 1. The quantitative estimate of drug-likeness (QED) is 0.756. The number of rotatable bonds is 3. The third kappa shape index (κ3) is 4.19. The predicted molar refractivity (Wildman–Crippen MR) is 111 cm³/mol. The molecule has 1 unspecified atom stereocenters. The van der Waals surface area contributed by atoms with Crippen LogP contribution in [0.1, 0.15) is 36.9 Å². The minimum Gasteiger partial charge on any atom is -0.344 e. The molecule has 2 aliphatic rings. The molecule has 0 spiro atoms. The maximum absolute atomic E-state index is 12.4. The molecule has 9 heteroatoms. The molecule has 1 aliphatic carbocycles. The summed E-state index contributed by atoms with van der Waals surface area (Å²) in [7, 11) is 0. The lowest BCUT2D eigenvalue weighted by atomic mass is 9.86. The number of benzene rings is 1. The zero-order valence-corrected chi connectivity index (χ0v) is 16.6. The van der Waals surface area contributed by atoms with Gasteiger partial charge in [0.05, 0.1) is 11.6 Å². The molecular weight excluding hydrogens is 384 g/mol. The zero-order chi connectivity index (χ0) is 21.1. The standard InChI is InChI=1S/C21H22N6O3/c1-13-11-17(24-20(30)19(29)22-12-14-7-3-2-4-8-14)27(26-13)21-23-16-10-6-5-9-15(16)18(28)25-21/h2-4,7-8,11,15H,5-6,9-10,12H2,1H3,(H,22,29)(H,24,30). The number of fused-ring (bicyclic) bond motifs is 1. The van der Waals surface area contributed by atoms with Gasteiger partial charge in [-0.2, -0.15) is 14.8 Å². The molecule has 2 aromatic rings. The van der Waals surface area contributed by atoms with Crippen molar-refractivity contribution in [3.8, 4) is 0 Å². The summed E-state index contributed by atoms with van der Waals surface area (Å²) in [6, 6.07) is 10.9. The van der Waals surface area contributed by atoms with Gasteiger partial charge < -0.3 is 10.6 Å². The van der Waals surface area contributed by atoms with Crippen molar-refractivity contribution >= 4 is 35.2 Å². The molecule has 1 aromatic carbocycles. The van der Waals surface area contributed by atoms with Gasteiger partial charge in [-0.1, -0.05) is 36.8 Å². The summed E-state index contributed by atoms with van der Waals surface area (Å²) in [5, 5.41) is 9.41. The average molecular weight is 406 g/mol. The lowest BCUT2D eigenvalue weighted by molar-refractivity contribution is -0.136. The van der Waals surface area contributed by atoms with Crippen LogP contribution in [0.2, 0.25) is 0 Å². The highest BCUT2D eigenvalue weighted by atomic mass is 16.2. The molecule has 4 rings (SSSR count). The Hall–Kier alpha value is -3.62. The van der Waals surface area contributed by atoms with Crippen LogP contribution in [-0.4, -0.2) is 39.2 Å². The molecule has 154 valence electrons. The molecule has 2 N–H and O–H groups in total. The molecule has 3 amide bonds. The van der Waals surface area contributed by atoms with E-state index in [2.05, 4.69) is 25.7 Å². The van der Waals surface area contributed by atoms with Crippen molar-refractivity contribution in [2.45, 2.75) is 39.2 Å². The van der Waals surface area contributed by atoms with Gasteiger partial charge in [-0.05, 0) is 31.7 Å². The highest BCUT2D eigenvalue weighted by Gasteiger charge is 2.32. The fourth-order valence-electron chi connectivity index (χ4n) is 3.59. The third-order valence-electron chi connectivity index (χ3n) is 5.09. The van der Waals surface area contributed by atoms with Gasteiger partial charge in [-0.25, -0.2) is 4.99 Å². The van der Waals surface area contributed by atoms with Crippen molar-refractivity contribution in [3.05, 3.63) is 47.7 Å². The molecule has 30 heavy (non-hydrogen) atoms. The topological polar surface area (TPSA) is 118 Å². The first-order valence-electron chi connectivity index (χ1n) is 9.91. The average Bonchev–Trinajstić information content (AvgIpc) is 3.12. The van der Waals surface area contributed by atoms with Crippen molar-refractivity contribution < 1.29 is 14.4 Å². The van der Waals surface area contributed by atoms with Gasteiger partial charge >= 0.3 is 11.8 Å². The second-order valence-electron chi connectivity index (χ2n) is 7.36. The summed E-state index contributed by atoms with van der Waals surface area (Å²) < 4.78 is 1.30. The van der Waals surface area contributed by atoms with E-state index >= 15 is 0 Å². The lowest BCUT2D eigenvalue weighted by Crippen LogP contribution is -2.36. The van der Waals surface area contributed by atoms with Crippen molar-refractivity contribution in [2.24, 2.45) is 15.9 Å². The normalized spacial score (nSPS) is 18.2. The fourth-order valence-corrected chi connectivity index (χ4v) is 3.59. The van der Waals surface area contributed by atoms with E-state index in [1.54, 1.807) is 13.0 Å². The van der Waals surface area contributed by atoms with Crippen molar-refractivity contribution in [2.75, 3.05) is 5.32 Å². The number of amides is 3. The van der Waals surface area contributed by atoms with Crippen LogP contribution in [0, 0.1) is 12.8 Å². The summed E-state index contributed by atoms with van der Waals surface area (Å²) in [6.07, 6.45) is 3.48. The van der Waals surface area contributed by atoms with Gasteiger partial charge in [0.25, 0.3) is 11.9 Å². The number of hydrogen-bond acceptors (Lipinski definition) is 5. The number of aliphatic imine (C=N–C) groups is 2. The molecule has 1 atom stereocenters. The molecule has 0 saturated heterocycles. The number of nitrogens with one attached hydrogen (secondary N) is 2. The van der Waals surface area contributed by atoms with Gasteiger partial charge in [0.2, 0.25) is 0 Å². The van der Waals surface area contributed by atoms with E-state index in [1.807, 2.05) is 30.3 Å². The first-order valence-corrected chi connectivity index (χ1v) is 9.91. The van der Waals surface area contributed by atoms with Crippen LogP contribution in [0.4, 0.5) is 5.82 Å². The first kappa shape index (κ1) is 19.7. The summed E-state index contributed by atoms with van der Waals surface area (Å²) in [6.45, 7) is 1.98. The second kappa shape index (κ2) is 8.40. The number of carbonyl (C=O) groups excluding carboxylic acids is 3. The molecule has 1 aromatic heterocycles. The third-order valence-corrected chi connectivity index (χ3v) is 5.09. The van der Waals surface area contributed by atoms with E-state index in [1.165, 1.54) is 4.68 Å². The van der Waals surface area contributed by atoms with Gasteiger partial charge in [-0.15, -0.1) is 0 Å². The van der Waals surface area contributed by atoms with Gasteiger partial charge in [-0.3, -0.25) is 14.4 Å². The minimum absolute atomic E-state index is 0.112. The predicted octanol–water partition coefficient (Wildman–Crippen LogP) is 1.82. The maximum atomic E-state index is 12.4. The lowest BCUT2D eigenvalue weighted by Gasteiger charge is -2.24. The summed E-state index contributed by atoms with van der Waals surface area (Å²) >= 11 is 0. The smallest absolute Gasteiger partial charge is 0.314 e. The Morgan fingerprint density at radius 3 is 2.73 bits per heavy atom. The minimum atomic E-state index is -0.835. The molecule has 2 heterocycles. The van der Waals surface area contributed by atoms with Crippen LogP contribution >= 0.6 is 0 Å². The SMILES string of the molecule is Cc1cc(NC(=O)C(=O)NCc2ccccc2)n(C2=NC(=O)C3CCCCC3=N2)n1. The first-order chi connectivity index (χ1) is 14.5. The van der Waals surface area contributed by atoms with E-state index in [4.69, 9.17) is 0 Å². The van der Waals surface area contributed by atoms with Crippen LogP contribution in [0.5, 0.6) is 0 Å². The molecule has 1 aliphatic heterocycles. The van der Waals surface area contributed by atoms with Crippen LogP contribution in [0.3, 0.4) is 0 Å². The number of aryl methyl sites for hydroxylation is 1. The Morgan fingerprint density at radius 1 is 1.13 bits per heavy atom. The Bertz CT molecular complexity index is 1050. The van der Waals surface area contributed by atoms with E-state index < -0.39 is 11.8 Å². The monoisotopic (exact) mass is 406 g/mol. The van der Waals surface area contributed by atoms with Crippen LogP contribution in [0.15, 0.2) is 46.4 Å². The van der Waals surface area contributed by atoms with E-state index in [9.17, 15) is 14.4 Å². The maximum Gasteiger partial charge on any atom is 0.314 e. The number of hydrogen-bond donors (Lipinski definition) is 2. The van der Waals surface area contributed by atoms with Crippen LogP contribution in [0.25, 0.3) is 0 Å². The Balaban J connectivity index is 1.48. The number of aromatic nitrogens is 2. The Morgan fingerprint density at radius 2 is 1.93 bits per heavy atom. The van der Waals surface area contributed by atoms with E-state index in [0.29, 0.717) is 5.69 Å². The summed E-state index contributed by atoms with van der Waals surface area (Å²) in [5.74, 6) is -1.75. The summed E-state index contributed by atoms with van der Waals surface area (Å²) in [4.78, 5) is 45.6. The highest BCUT2D eigenvalue weighted by Crippen LogP contribution is 2.26. The van der Waals surface area contributed by atoms with Crippen molar-refractivity contribution in [1.29, 1.82) is 0 Å². The van der Waals surface area contributed by atoms with Gasteiger partial charge in [0.1, 0.15) is 5.82 Å². The van der Waals surface area contributed by atoms with Crippen LogP contribution in [-0.2, 0) is 20.9 Å². The zero-order valence-electron chi connectivity index (χ0n) is 16.6. The van der Waals surface area contributed by atoms with E-state index in [-0.39, 0.29) is 30.1 Å². The largest absolute Gasteiger partial charge is 0.344 e. The molecule has 1 fully saturated rings.